The standard InChI is InChI=1S/C15H26FN3/c1-7-11(2)19(6)14-12(8-13(16)10-17-14)9-18-15(3,4)5/h8,10-11,18H,7,9H2,1-6H3. The normalized spacial score (nSPS) is 13.4. The highest BCUT2D eigenvalue weighted by Crippen LogP contribution is 2.21. The molecule has 19 heavy (non-hydrogen) atoms. The molecule has 0 spiro atoms. The van der Waals surface area contributed by atoms with Crippen molar-refractivity contribution >= 4 is 5.82 Å². The molecule has 0 saturated heterocycles. The maximum atomic E-state index is 13.4. The molecule has 1 rings (SSSR count). The molecule has 0 bridgehead atoms. The Bertz CT molecular complexity index is 412. The number of halogens is 1. The molecule has 108 valence electrons. The average Bonchev–Trinajstić information content (AvgIpc) is 2.34. The summed E-state index contributed by atoms with van der Waals surface area (Å²) in [6, 6.07) is 1.95. The summed E-state index contributed by atoms with van der Waals surface area (Å²) in [5, 5.41) is 3.38. The third-order valence-electron chi connectivity index (χ3n) is 3.30. The fourth-order valence-electron chi connectivity index (χ4n) is 1.76. The van der Waals surface area contributed by atoms with Gasteiger partial charge in [-0.15, -0.1) is 0 Å². The molecule has 0 amide bonds. The number of rotatable bonds is 5. The predicted molar refractivity (Wildman–Crippen MR) is 78.9 cm³/mol. The predicted octanol–water partition coefficient (Wildman–Crippen LogP) is 3.34. The van der Waals surface area contributed by atoms with Gasteiger partial charge in [-0.05, 0) is 40.2 Å². The Hall–Kier alpha value is -1.16. The number of anilines is 1. The zero-order valence-corrected chi connectivity index (χ0v) is 12.9. The van der Waals surface area contributed by atoms with Gasteiger partial charge in [-0.25, -0.2) is 9.37 Å². The summed E-state index contributed by atoms with van der Waals surface area (Å²) in [5.74, 6) is 0.569. The SMILES string of the molecule is CCC(C)N(C)c1ncc(F)cc1CNC(C)(C)C. The third kappa shape index (κ3) is 4.78. The van der Waals surface area contributed by atoms with Crippen LogP contribution in [0.5, 0.6) is 0 Å². The third-order valence-corrected chi connectivity index (χ3v) is 3.30. The molecule has 4 heteroatoms. The van der Waals surface area contributed by atoms with Crippen LogP contribution in [0.4, 0.5) is 10.2 Å². The average molecular weight is 267 g/mol. The van der Waals surface area contributed by atoms with Crippen molar-refractivity contribution < 1.29 is 4.39 Å². The molecule has 0 aromatic carbocycles. The first kappa shape index (κ1) is 15.9. The molecule has 1 aromatic rings. The van der Waals surface area contributed by atoms with Gasteiger partial charge in [-0.1, -0.05) is 6.92 Å². The van der Waals surface area contributed by atoms with E-state index in [-0.39, 0.29) is 11.4 Å². The van der Waals surface area contributed by atoms with Crippen molar-refractivity contribution in [2.75, 3.05) is 11.9 Å². The van der Waals surface area contributed by atoms with Gasteiger partial charge in [0.25, 0.3) is 0 Å². The Labute approximate surface area is 116 Å². The summed E-state index contributed by atoms with van der Waals surface area (Å²) in [6.07, 6.45) is 2.32. The summed E-state index contributed by atoms with van der Waals surface area (Å²) in [4.78, 5) is 6.37. The van der Waals surface area contributed by atoms with Crippen LogP contribution in [-0.2, 0) is 6.54 Å². The van der Waals surface area contributed by atoms with E-state index in [1.54, 1.807) is 6.07 Å². The zero-order valence-electron chi connectivity index (χ0n) is 12.9. The Morgan fingerprint density at radius 1 is 1.42 bits per heavy atom. The van der Waals surface area contributed by atoms with Crippen molar-refractivity contribution in [2.24, 2.45) is 0 Å². The van der Waals surface area contributed by atoms with E-state index in [2.05, 4.69) is 49.8 Å². The van der Waals surface area contributed by atoms with Crippen LogP contribution in [0.15, 0.2) is 12.3 Å². The van der Waals surface area contributed by atoms with Crippen LogP contribution in [0, 0.1) is 5.82 Å². The van der Waals surface area contributed by atoms with Crippen LogP contribution in [-0.4, -0.2) is 23.6 Å². The summed E-state index contributed by atoms with van der Waals surface area (Å²) in [5.41, 5.74) is 0.899. The number of pyridine rings is 1. The van der Waals surface area contributed by atoms with Gasteiger partial charge < -0.3 is 10.2 Å². The van der Waals surface area contributed by atoms with E-state index in [0.717, 1.165) is 17.8 Å². The Kier molecular flexibility index (Phi) is 5.29. The van der Waals surface area contributed by atoms with Crippen LogP contribution >= 0.6 is 0 Å². The minimum atomic E-state index is -0.285. The molecule has 1 atom stereocenters. The summed E-state index contributed by atoms with van der Waals surface area (Å²) >= 11 is 0. The second-order valence-corrected chi connectivity index (χ2v) is 6.11. The highest BCUT2D eigenvalue weighted by Gasteiger charge is 2.16. The lowest BCUT2D eigenvalue weighted by Crippen LogP contribution is -2.36. The summed E-state index contributed by atoms with van der Waals surface area (Å²) in [7, 11) is 2.01. The van der Waals surface area contributed by atoms with Gasteiger partial charge >= 0.3 is 0 Å². The smallest absolute Gasteiger partial charge is 0.141 e. The number of hydrogen-bond acceptors (Lipinski definition) is 3. The number of hydrogen-bond donors (Lipinski definition) is 1. The van der Waals surface area contributed by atoms with E-state index in [4.69, 9.17) is 0 Å². The van der Waals surface area contributed by atoms with E-state index in [1.165, 1.54) is 6.20 Å². The Morgan fingerprint density at radius 3 is 2.58 bits per heavy atom. The van der Waals surface area contributed by atoms with E-state index in [1.807, 2.05) is 7.05 Å². The lowest BCUT2D eigenvalue weighted by atomic mass is 10.1. The van der Waals surface area contributed by atoms with Crippen LogP contribution in [0.2, 0.25) is 0 Å². The van der Waals surface area contributed by atoms with Crippen LogP contribution in [0.1, 0.15) is 46.6 Å². The highest BCUT2D eigenvalue weighted by atomic mass is 19.1. The van der Waals surface area contributed by atoms with Crippen LogP contribution in [0.25, 0.3) is 0 Å². The van der Waals surface area contributed by atoms with Crippen LogP contribution < -0.4 is 10.2 Å². The Balaban J connectivity index is 2.97. The maximum Gasteiger partial charge on any atom is 0.141 e. The molecular weight excluding hydrogens is 241 g/mol. The van der Waals surface area contributed by atoms with Crippen molar-refractivity contribution in [1.29, 1.82) is 0 Å². The second kappa shape index (κ2) is 6.33. The van der Waals surface area contributed by atoms with Crippen molar-refractivity contribution in [3.8, 4) is 0 Å². The first-order valence-electron chi connectivity index (χ1n) is 6.87. The lowest BCUT2D eigenvalue weighted by Gasteiger charge is -2.28. The summed E-state index contributed by atoms with van der Waals surface area (Å²) < 4.78 is 13.4. The monoisotopic (exact) mass is 267 g/mol. The van der Waals surface area contributed by atoms with Gasteiger partial charge in [0.2, 0.25) is 0 Å². The fourth-order valence-corrected chi connectivity index (χ4v) is 1.76. The van der Waals surface area contributed by atoms with Gasteiger partial charge in [-0.2, -0.15) is 0 Å². The van der Waals surface area contributed by atoms with Gasteiger partial charge in [0.05, 0.1) is 6.20 Å². The van der Waals surface area contributed by atoms with Gasteiger partial charge in [0, 0.05) is 30.7 Å². The lowest BCUT2D eigenvalue weighted by molar-refractivity contribution is 0.423. The zero-order chi connectivity index (χ0) is 14.6. The number of aromatic nitrogens is 1. The second-order valence-electron chi connectivity index (χ2n) is 6.11. The largest absolute Gasteiger partial charge is 0.357 e. The number of nitrogens with one attached hydrogen (secondary N) is 1. The van der Waals surface area contributed by atoms with Gasteiger partial charge in [-0.3, -0.25) is 0 Å². The fraction of sp³-hybridized carbons (Fsp3) is 0.667. The van der Waals surface area contributed by atoms with E-state index in [9.17, 15) is 4.39 Å². The first-order valence-corrected chi connectivity index (χ1v) is 6.87. The minimum absolute atomic E-state index is 0.00146. The maximum absolute atomic E-state index is 13.4. The molecule has 0 radical (unpaired) electrons. The van der Waals surface area contributed by atoms with Crippen molar-refractivity contribution in [2.45, 2.75) is 59.2 Å². The van der Waals surface area contributed by atoms with Crippen molar-refractivity contribution in [3.63, 3.8) is 0 Å². The molecule has 1 aromatic heterocycles. The van der Waals surface area contributed by atoms with Crippen molar-refractivity contribution in [3.05, 3.63) is 23.6 Å². The van der Waals surface area contributed by atoms with E-state index >= 15 is 0 Å². The molecule has 0 aliphatic rings. The highest BCUT2D eigenvalue weighted by molar-refractivity contribution is 5.47. The first-order chi connectivity index (χ1) is 8.74. The molecule has 0 saturated carbocycles. The van der Waals surface area contributed by atoms with Crippen molar-refractivity contribution in [1.82, 2.24) is 10.3 Å². The van der Waals surface area contributed by atoms with Crippen LogP contribution in [0.3, 0.4) is 0 Å². The molecular formula is C15H26FN3. The molecule has 3 nitrogen and oxygen atoms in total. The molecule has 0 fully saturated rings. The summed E-state index contributed by atoms with van der Waals surface area (Å²) in [6.45, 7) is 11.2. The molecule has 1 N–H and O–H groups in total. The van der Waals surface area contributed by atoms with Gasteiger partial charge in [0.15, 0.2) is 0 Å². The Morgan fingerprint density at radius 2 is 2.05 bits per heavy atom. The molecule has 0 aliphatic heterocycles. The van der Waals surface area contributed by atoms with E-state index in [0.29, 0.717) is 12.6 Å². The van der Waals surface area contributed by atoms with E-state index < -0.39 is 0 Å². The van der Waals surface area contributed by atoms with Gasteiger partial charge in [0.1, 0.15) is 11.6 Å². The molecule has 0 aliphatic carbocycles. The molecule has 1 heterocycles. The molecule has 1 unspecified atom stereocenters. The minimum Gasteiger partial charge on any atom is -0.357 e. The topological polar surface area (TPSA) is 28.2 Å². The number of nitrogens with zero attached hydrogens (tertiary/aromatic N) is 2. The quantitative estimate of drug-likeness (QED) is 0.887.